The average molecular weight is 400 g/mol. The molecule has 0 saturated carbocycles. The maximum absolute atomic E-state index is 12.8. The summed E-state index contributed by atoms with van der Waals surface area (Å²) in [5.74, 6) is 0. The van der Waals surface area contributed by atoms with Crippen molar-refractivity contribution in [2.75, 3.05) is 26.3 Å². The zero-order chi connectivity index (χ0) is 20.6. The van der Waals surface area contributed by atoms with Crippen molar-refractivity contribution in [3.8, 4) is 0 Å². The molecule has 0 bridgehead atoms. The molecule has 2 aliphatic rings. The number of nitrogens with zero attached hydrogens (tertiary/aromatic N) is 1. The first-order valence-electron chi connectivity index (χ1n) is 9.48. The highest BCUT2D eigenvalue weighted by atomic mass is 19.4. The van der Waals surface area contributed by atoms with Gasteiger partial charge in [-0.1, -0.05) is 12.1 Å². The van der Waals surface area contributed by atoms with Crippen LogP contribution in [0.3, 0.4) is 0 Å². The lowest BCUT2D eigenvalue weighted by Crippen LogP contribution is -2.61. The summed E-state index contributed by atoms with van der Waals surface area (Å²) in [5.41, 5.74) is -0.717. The SMILES string of the molecule is CC(C)(C)OC(=O)N1CCC2(CC1)COC[C@H](c1ccc(C(F)(F)F)cc1)N2. The monoisotopic (exact) mass is 400 g/mol. The van der Waals surface area contributed by atoms with Gasteiger partial charge in [0.1, 0.15) is 5.60 Å². The molecule has 1 aromatic rings. The summed E-state index contributed by atoms with van der Waals surface area (Å²) in [6.45, 7) is 7.52. The molecule has 156 valence electrons. The van der Waals surface area contributed by atoms with E-state index in [0.717, 1.165) is 17.7 Å². The first kappa shape index (κ1) is 20.9. The van der Waals surface area contributed by atoms with Gasteiger partial charge in [-0.2, -0.15) is 13.2 Å². The molecule has 1 spiro atoms. The molecule has 0 radical (unpaired) electrons. The average Bonchev–Trinajstić information content (AvgIpc) is 2.60. The number of benzene rings is 1. The number of nitrogens with one attached hydrogen (secondary N) is 1. The lowest BCUT2D eigenvalue weighted by atomic mass is 9.85. The van der Waals surface area contributed by atoms with E-state index >= 15 is 0 Å². The second-order valence-corrected chi connectivity index (χ2v) is 8.58. The minimum Gasteiger partial charge on any atom is -0.444 e. The third-order valence-corrected chi connectivity index (χ3v) is 5.16. The van der Waals surface area contributed by atoms with Gasteiger partial charge in [-0.15, -0.1) is 0 Å². The van der Waals surface area contributed by atoms with Gasteiger partial charge in [-0.3, -0.25) is 0 Å². The van der Waals surface area contributed by atoms with E-state index in [4.69, 9.17) is 9.47 Å². The fraction of sp³-hybridized carbons (Fsp3) is 0.650. The molecule has 28 heavy (non-hydrogen) atoms. The van der Waals surface area contributed by atoms with E-state index in [1.807, 2.05) is 20.8 Å². The van der Waals surface area contributed by atoms with Crippen LogP contribution >= 0.6 is 0 Å². The van der Waals surface area contributed by atoms with Gasteiger partial charge in [0.15, 0.2) is 0 Å². The maximum atomic E-state index is 12.8. The van der Waals surface area contributed by atoms with Crippen LogP contribution in [0.5, 0.6) is 0 Å². The zero-order valence-electron chi connectivity index (χ0n) is 16.4. The Balaban J connectivity index is 1.62. The molecule has 0 unspecified atom stereocenters. The summed E-state index contributed by atoms with van der Waals surface area (Å²) in [7, 11) is 0. The first-order valence-corrected chi connectivity index (χ1v) is 9.48. The van der Waals surface area contributed by atoms with Gasteiger partial charge < -0.3 is 19.7 Å². The summed E-state index contributed by atoms with van der Waals surface area (Å²) in [6.07, 6.45) is -3.27. The summed E-state index contributed by atoms with van der Waals surface area (Å²) in [6, 6.07) is 5.02. The van der Waals surface area contributed by atoms with Crippen molar-refractivity contribution >= 4 is 6.09 Å². The van der Waals surface area contributed by atoms with E-state index in [1.54, 1.807) is 4.90 Å². The van der Waals surface area contributed by atoms with Crippen molar-refractivity contribution in [3.05, 3.63) is 35.4 Å². The van der Waals surface area contributed by atoms with Crippen LogP contribution in [-0.2, 0) is 15.7 Å². The summed E-state index contributed by atoms with van der Waals surface area (Å²) < 4.78 is 49.5. The van der Waals surface area contributed by atoms with Gasteiger partial charge in [0, 0.05) is 18.6 Å². The molecular weight excluding hydrogens is 373 g/mol. The molecule has 1 atom stereocenters. The number of likely N-dealkylation sites (tertiary alicyclic amines) is 1. The summed E-state index contributed by atoms with van der Waals surface area (Å²) in [5, 5.41) is 3.57. The number of alkyl halides is 3. The lowest BCUT2D eigenvalue weighted by molar-refractivity contribution is -0.137. The number of carbonyl (C=O) groups is 1. The number of piperidine rings is 1. The predicted molar refractivity (Wildman–Crippen MR) is 97.9 cm³/mol. The van der Waals surface area contributed by atoms with Crippen LogP contribution in [0.2, 0.25) is 0 Å². The van der Waals surface area contributed by atoms with Crippen molar-refractivity contribution in [2.45, 2.75) is 57.0 Å². The Labute approximate surface area is 163 Å². The quantitative estimate of drug-likeness (QED) is 0.770. The Morgan fingerprint density at radius 3 is 2.32 bits per heavy atom. The Kier molecular flexibility index (Phi) is 5.64. The number of rotatable bonds is 1. The largest absolute Gasteiger partial charge is 0.444 e. The Hall–Kier alpha value is -1.80. The number of carbonyl (C=O) groups excluding carboxylic acids is 1. The van der Waals surface area contributed by atoms with Gasteiger partial charge in [0.25, 0.3) is 0 Å². The molecule has 0 aromatic heterocycles. The normalized spacial score (nSPS) is 22.9. The molecule has 5 nitrogen and oxygen atoms in total. The smallest absolute Gasteiger partial charge is 0.416 e. The molecule has 2 fully saturated rings. The van der Waals surface area contributed by atoms with Crippen LogP contribution in [0.25, 0.3) is 0 Å². The predicted octanol–water partition coefficient (Wildman–Crippen LogP) is 4.14. The van der Waals surface area contributed by atoms with E-state index in [1.165, 1.54) is 12.1 Å². The highest BCUT2D eigenvalue weighted by Crippen LogP contribution is 2.33. The van der Waals surface area contributed by atoms with E-state index < -0.39 is 17.3 Å². The highest BCUT2D eigenvalue weighted by molar-refractivity contribution is 5.68. The minimum absolute atomic E-state index is 0.177. The van der Waals surface area contributed by atoms with Crippen LogP contribution in [-0.4, -0.2) is 48.4 Å². The van der Waals surface area contributed by atoms with E-state index in [-0.39, 0.29) is 17.7 Å². The number of amides is 1. The van der Waals surface area contributed by atoms with Gasteiger partial charge in [0.05, 0.1) is 24.8 Å². The molecule has 1 N–H and O–H groups in total. The Morgan fingerprint density at radius 2 is 1.79 bits per heavy atom. The fourth-order valence-electron chi connectivity index (χ4n) is 3.64. The van der Waals surface area contributed by atoms with Crippen molar-refractivity contribution in [1.82, 2.24) is 10.2 Å². The van der Waals surface area contributed by atoms with Crippen LogP contribution in [0.15, 0.2) is 24.3 Å². The molecule has 0 aliphatic carbocycles. The maximum Gasteiger partial charge on any atom is 0.416 e. The standard InChI is InChI=1S/C20H27F3N2O3/c1-18(2,3)28-17(26)25-10-8-19(9-11-25)13-27-12-16(24-19)14-4-6-15(7-5-14)20(21,22)23/h4-7,16,24H,8-13H2,1-3H3/t16-/m1/s1. The van der Waals surface area contributed by atoms with Crippen molar-refractivity contribution in [3.63, 3.8) is 0 Å². The van der Waals surface area contributed by atoms with Crippen molar-refractivity contribution in [2.24, 2.45) is 0 Å². The number of morpholine rings is 1. The number of hydrogen-bond acceptors (Lipinski definition) is 4. The third kappa shape index (κ3) is 4.97. The fourth-order valence-corrected chi connectivity index (χ4v) is 3.64. The second kappa shape index (κ2) is 7.55. The number of hydrogen-bond donors (Lipinski definition) is 1. The molecule has 2 aliphatic heterocycles. The molecule has 8 heteroatoms. The van der Waals surface area contributed by atoms with Crippen LogP contribution in [0.4, 0.5) is 18.0 Å². The molecule has 2 heterocycles. The lowest BCUT2D eigenvalue weighted by Gasteiger charge is -2.47. The van der Waals surface area contributed by atoms with Gasteiger partial charge in [-0.25, -0.2) is 4.79 Å². The van der Waals surface area contributed by atoms with E-state index in [9.17, 15) is 18.0 Å². The number of halogens is 3. The summed E-state index contributed by atoms with van der Waals surface area (Å²) >= 11 is 0. The van der Waals surface area contributed by atoms with E-state index in [0.29, 0.717) is 39.1 Å². The van der Waals surface area contributed by atoms with Crippen LogP contribution in [0.1, 0.15) is 50.8 Å². The number of ether oxygens (including phenoxy) is 2. The summed E-state index contributed by atoms with van der Waals surface area (Å²) in [4.78, 5) is 13.9. The third-order valence-electron chi connectivity index (χ3n) is 5.16. The molecule has 1 amide bonds. The second-order valence-electron chi connectivity index (χ2n) is 8.58. The van der Waals surface area contributed by atoms with Crippen LogP contribution < -0.4 is 5.32 Å². The minimum atomic E-state index is -4.34. The topological polar surface area (TPSA) is 50.8 Å². The first-order chi connectivity index (χ1) is 13.0. The molecule has 3 rings (SSSR count). The molecule has 2 saturated heterocycles. The van der Waals surface area contributed by atoms with E-state index in [2.05, 4.69) is 5.32 Å². The zero-order valence-corrected chi connectivity index (χ0v) is 16.4. The van der Waals surface area contributed by atoms with Gasteiger partial charge in [0.2, 0.25) is 0 Å². The van der Waals surface area contributed by atoms with Crippen molar-refractivity contribution < 1.29 is 27.4 Å². The van der Waals surface area contributed by atoms with Gasteiger partial charge in [-0.05, 0) is 51.3 Å². The van der Waals surface area contributed by atoms with Gasteiger partial charge >= 0.3 is 12.3 Å². The van der Waals surface area contributed by atoms with Crippen LogP contribution in [0, 0.1) is 0 Å². The molecular formula is C20H27F3N2O3. The molecule has 1 aromatic carbocycles. The Morgan fingerprint density at radius 1 is 1.18 bits per heavy atom. The Bertz CT molecular complexity index is 690. The highest BCUT2D eigenvalue weighted by Gasteiger charge is 2.41. The van der Waals surface area contributed by atoms with Crippen molar-refractivity contribution in [1.29, 1.82) is 0 Å².